The van der Waals surface area contributed by atoms with Gasteiger partial charge in [-0.2, -0.15) is 0 Å². The first-order valence-electron chi connectivity index (χ1n) is 5.31. The molecule has 1 atom stereocenters. The summed E-state index contributed by atoms with van der Waals surface area (Å²) in [6.45, 7) is 8.63. The van der Waals surface area contributed by atoms with Crippen molar-refractivity contribution in [1.82, 2.24) is 4.98 Å². The molecule has 15 heavy (non-hydrogen) atoms. The van der Waals surface area contributed by atoms with Crippen molar-refractivity contribution in [3.05, 3.63) is 18.4 Å². The maximum atomic E-state index is 11.6. The summed E-state index contributed by atoms with van der Waals surface area (Å²) < 4.78 is 4.97. The fourth-order valence-electron chi connectivity index (χ4n) is 1.88. The minimum absolute atomic E-state index is 0.00301. The number of rotatable bonds is 4. The summed E-state index contributed by atoms with van der Waals surface area (Å²) in [5.41, 5.74) is 0.260. The second-order valence-corrected chi connectivity index (χ2v) is 5.33. The van der Waals surface area contributed by atoms with Crippen LogP contribution in [-0.2, 0) is 0 Å². The fraction of sp³-hybridized carbons (Fsp3) is 0.667. The molecule has 1 aromatic rings. The summed E-state index contributed by atoms with van der Waals surface area (Å²) in [4.78, 5) is 15.5. The molecule has 0 fully saturated rings. The number of hydrogen-bond donors (Lipinski definition) is 0. The topological polar surface area (TPSA) is 43.1 Å². The van der Waals surface area contributed by atoms with Crippen molar-refractivity contribution in [3.63, 3.8) is 0 Å². The molecule has 0 aliphatic carbocycles. The molecular weight excluding hydrogens is 190 g/mol. The van der Waals surface area contributed by atoms with E-state index in [4.69, 9.17) is 4.42 Å². The molecule has 3 heteroatoms. The van der Waals surface area contributed by atoms with Gasteiger partial charge in [0.05, 0.1) is 6.20 Å². The molecule has 1 heterocycles. The highest BCUT2D eigenvalue weighted by molar-refractivity contribution is 5.91. The lowest BCUT2D eigenvalue weighted by Gasteiger charge is -2.22. The highest BCUT2D eigenvalue weighted by Gasteiger charge is 2.20. The number of oxazole rings is 1. The summed E-state index contributed by atoms with van der Waals surface area (Å²) in [6.07, 6.45) is 4.47. The van der Waals surface area contributed by atoms with Gasteiger partial charge < -0.3 is 4.42 Å². The van der Waals surface area contributed by atoms with Crippen LogP contribution in [0.25, 0.3) is 0 Å². The van der Waals surface area contributed by atoms with Crippen molar-refractivity contribution < 1.29 is 9.21 Å². The molecule has 0 aliphatic rings. The molecule has 0 aromatic carbocycles. The lowest BCUT2D eigenvalue weighted by molar-refractivity contribution is 0.0920. The van der Waals surface area contributed by atoms with E-state index in [9.17, 15) is 4.79 Å². The van der Waals surface area contributed by atoms with Crippen molar-refractivity contribution in [1.29, 1.82) is 0 Å². The van der Waals surface area contributed by atoms with Gasteiger partial charge in [-0.05, 0) is 17.8 Å². The van der Waals surface area contributed by atoms with Crippen LogP contribution in [-0.4, -0.2) is 10.8 Å². The van der Waals surface area contributed by atoms with Crippen LogP contribution in [0.5, 0.6) is 0 Å². The van der Waals surface area contributed by atoms with Crippen LogP contribution >= 0.6 is 0 Å². The van der Waals surface area contributed by atoms with Crippen LogP contribution in [0.15, 0.2) is 16.9 Å². The predicted octanol–water partition coefficient (Wildman–Crippen LogP) is 3.32. The number of aromatic nitrogens is 1. The summed E-state index contributed by atoms with van der Waals surface area (Å²) in [5, 5.41) is 0. The van der Waals surface area contributed by atoms with E-state index in [-0.39, 0.29) is 17.1 Å². The normalized spacial score (nSPS) is 13.9. The molecule has 0 N–H and O–H groups in total. The van der Waals surface area contributed by atoms with Gasteiger partial charge in [0.1, 0.15) is 6.26 Å². The first kappa shape index (κ1) is 12.0. The fourth-order valence-corrected chi connectivity index (χ4v) is 1.88. The largest absolute Gasteiger partial charge is 0.442 e. The summed E-state index contributed by atoms with van der Waals surface area (Å²) in [5.74, 6) is 0.594. The van der Waals surface area contributed by atoms with Crippen LogP contribution in [0.1, 0.15) is 51.2 Å². The molecule has 0 saturated carbocycles. The number of hydrogen-bond acceptors (Lipinski definition) is 3. The Morgan fingerprint density at radius 1 is 1.53 bits per heavy atom. The molecule has 3 nitrogen and oxygen atoms in total. The third-order valence-electron chi connectivity index (χ3n) is 2.17. The zero-order valence-corrected chi connectivity index (χ0v) is 9.91. The Morgan fingerprint density at radius 2 is 2.20 bits per heavy atom. The van der Waals surface area contributed by atoms with E-state index in [1.54, 1.807) is 0 Å². The Bertz CT molecular complexity index is 309. The Morgan fingerprint density at radius 3 is 2.67 bits per heavy atom. The van der Waals surface area contributed by atoms with Gasteiger partial charge >= 0.3 is 0 Å². The highest BCUT2D eigenvalue weighted by Crippen LogP contribution is 2.26. The van der Waals surface area contributed by atoms with E-state index < -0.39 is 0 Å². The average molecular weight is 209 g/mol. The van der Waals surface area contributed by atoms with Crippen molar-refractivity contribution in [2.24, 2.45) is 11.3 Å². The monoisotopic (exact) mass is 209 g/mol. The second kappa shape index (κ2) is 4.60. The first-order chi connectivity index (χ1) is 6.88. The lowest BCUT2D eigenvalue weighted by atomic mass is 9.83. The zero-order chi connectivity index (χ0) is 11.5. The minimum atomic E-state index is -0.00301. The molecule has 0 unspecified atom stereocenters. The number of nitrogens with zero attached hydrogens (tertiary/aromatic N) is 1. The minimum Gasteiger partial charge on any atom is -0.442 e. The van der Waals surface area contributed by atoms with Crippen molar-refractivity contribution in [2.75, 3.05) is 0 Å². The van der Waals surface area contributed by atoms with Crippen molar-refractivity contribution in [2.45, 2.75) is 40.5 Å². The highest BCUT2D eigenvalue weighted by atomic mass is 16.3. The van der Waals surface area contributed by atoms with Crippen LogP contribution in [0.3, 0.4) is 0 Å². The maximum Gasteiger partial charge on any atom is 0.263 e. The summed E-state index contributed by atoms with van der Waals surface area (Å²) in [7, 11) is 0. The SMILES string of the molecule is C[C@H](CC(=O)c1ncco1)CC(C)(C)C. The van der Waals surface area contributed by atoms with Gasteiger partial charge in [0.15, 0.2) is 0 Å². The average Bonchev–Trinajstić information content (AvgIpc) is 2.50. The predicted molar refractivity (Wildman–Crippen MR) is 58.7 cm³/mol. The number of Topliss-reactive ketones (excluding diaryl/α,β-unsaturated/α-hetero) is 1. The Kier molecular flexibility index (Phi) is 3.66. The van der Waals surface area contributed by atoms with Gasteiger partial charge in [-0.15, -0.1) is 0 Å². The van der Waals surface area contributed by atoms with Crippen molar-refractivity contribution >= 4 is 5.78 Å². The van der Waals surface area contributed by atoms with Crippen LogP contribution < -0.4 is 0 Å². The Balaban J connectivity index is 2.45. The van der Waals surface area contributed by atoms with Gasteiger partial charge in [0.2, 0.25) is 5.78 Å². The molecule has 0 bridgehead atoms. The number of carbonyl (C=O) groups excluding carboxylic acids is 1. The van der Waals surface area contributed by atoms with E-state index >= 15 is 0 Å². The Labute approximate surface area is 90.9 Å². The molecule has 84 valence electrons. The molecular formula is C12H19NO2. The van der Waals surface area contributed by atoms with E-state index in [0.717, 1.165) is 6.42 Å². The van der Waals surface area contributed by atoms with Gasteiger partial charge in [-0.3, -0.25) is 4.79 Å². The lowest BCUT2D eigenvalue weighted by Crippen LogP contribution is -2.14. The Hall–Kier alpha value is -1.12. The number of carbonyl (C=O) groups is 1. The molecule has 0 saturated heterocycles. The van der Waals surface area contributed by atoms with E-state index in [1.807, 2.05) is 0 Å². The van der Waals surface area contributed by atoms with Crippen LogP contribution in [0, 0.1) is 11.3 Å². The van der Waals surface area contributed by atoms with Gasteiger partial charge in [0, 0.05) is 6.42 Å². The third kappa shape index (κ3) is 4.28. The summed E-state index contributed by atoms with van der Waals surface area (Å²) in [6, 6.07) is 0. The van der Waals surface area contributed by atoms with E-state index in [2.05, 4.69) is 32.7 Å². The third-order valence-corrected chi connectivity index (χ3v) is 2.17. The van der Waals surface area contributed by atoms with E-state index in [0.29, 0.717) is 12.3 Å². The molecule has 0 amide bonds. The molecule has 0 aliphatic heterocycles. The summed E-state index contributed by atoms with van der Waals surface area (Å²) >= 11 is 0. The molecule has 1 aromatic heterocycles. The van der Waals surface area contributed by atoms with Gasteiger partial charge in [-0.25, -0.2) is 4.98 Å². The molecule has 1 rings (SSSR count). The van der Waals surface area contributed by atoms with Crippen LogP contribution in [0.4, 0.5) is 0 Å². The van der Waals surface area contributed by atoms with Gasteiger partial charge in [0.25, 0.3) is 5.89 Å². The second-order valence-electron chi connectivity index (χ2n) is 5.33. The zero-order valence-electron chi connectivity index (χ0n) is 9.91. The smallest absolute Gasteiger partial charge is 0.263 e. The maximum absolute atomic E-state index is 11.6. The molecule has 0 spiro atoms. The molecule has 0 radical (unpaired) electrons. The quantitative estimate of drug-likeness (QED) is 0.714. The van der Waals surface area contributed by atoms with Crippen molar-refractivity contribution in [3.8, 4) is 0 Å². The van der Waals surface area contributed by atoms with E-state index in [1.165, 1.54) is 12.5 Å². The van der Waals surface area contributed by atoms with Crippen LogP contribution in [0.2, 0.25) is 0 Å². The first-order valence-corrected chi connectivity index (χ1v) is 5.31. The number of ketones is 1. The van der Waals surface area contributed by atoms with Gasteiger partial charge in [-0.1, -0.05) is 27.7 Å². The standard InChI is InChI=1S/C12H19NO2/c1-9(8-12(2,3)4)7-10(14)11-13-5-6-15-11/h5-6,9H,7-8H2,1-4H3/t9-/m1/s1.